The van der Waals surface area contributed by atoms with Crippen molar-refractivity contribution in [2.24, 2.45) is 0 Å². The van der Waals surface area contributed by atoms with Crippen LogP contribution in [0.2, 0.25) is 5.02 Å². The lowest BCUT2D eigenvalue weighted by molar-refractivity contribution is -0.137. The fourth-order valence-electron chi connectivity index (χ4n) is 2.10. The third kappa shape index (κ3) is 3.77. The van der Waals surface area contributed by atoms with Crippen molar-refractivity contribution in [3.05, 3.63) is 70.2 Å². The van der Waals surface area contributed by atoms with E-state index in [0.29, 0.717) is 12.2 Å². The van der Waals surface area contributed by atoms with E-state index in [1.165, 1.54) is 6.07 Å². The van der Waals surface area contributed by atoms with Gasteiger partial charge in [-0.15, -0.1) is 0 Å². The summed E-state index contributed by atoms with van der Waals surface area (Å²) in [6.07, 6.45) is -5.03. The van der Waals surface area contributed by atoms with Crippen molar-refractivity contribution >= 4 is 11.6 Å². The summed E-state index contributed by atoms with van der Waals surface area (Å²) in [5.41, 5.74) is 0.386. The number of hydrogen-bond donors (Lipinski definition) is 0. The zero-order valence-corrected chi connectivity index (χ0v) is 12.1. The highest BCUT2D eigenvalue weighted by Gasteiger charge is 2.34. The van der Waals surface area contributed by atoms with Crippen LogP contribution in [0.4, 0.5) is 13.2 Å². The molecule has 1 atom stereocenters. The van der Waals surface area contributed by atoms with E-state index < -0.39 is 17.8 Å². The molecular formula is C16H14ClF3O. The minimum Gasteiger partial charge on any atom is -0.369 e. The number of benzene rings is 2. The molecule has 0 N–H and O–H groups in total. The third-order valence-electron chi connectivity index (χ3n) is 3.03. The Hall–Kier alpha value is -1.52. The topological polar surface area (TPSA) is 9.23 Å². The van der Waals surface area contributed by atoms with Gasteiger partial charge in [-0.05, 0) is 30.2 Å². The van der Waals surface area contributed by atoms with Gasteiger partial charge >= 0.3 is 6.18 Å². The zero-order valence-electron chi connectivity index (χ0n) is 11.3. The largest absolute Gasteiger partial charge is 0.417 e. The molecule has 5 heteroatoms. The molecule has 0 saturated heterocycles. The van der Waals surface area contributed by atoms with Gasteiger partial charge in [-0.1, -0.05) is 48.0 Å². The van der Waals surface area contributed by atoms with Gasteiger partial charge in [-0.2, -0.15) is 13.2 Å². The summed E-state index contributed by atoms with van der Waals surface area (Å²) in [6.45, 7) is 2.19. The van der Waals surface area contributed by atoms with Gasteiger partial charge in [0.25, 0.3) is 0 Å². The molecule has 0 aliphatic carbocycles. The Morgan fingerprint density at radius 2 is 1.71 bits per heavy atom. The second kappa shape index (κ2) is 6.50. The first-order chi connectivity index (χ1) is 9.93. The molecule has 2 aromatic rings. The molecule has 1 unspecified atom stereocenters. The van der Waals surface area contributed by atoms with Crippen LogP contribution in [-0.4, -0.2) is 6.61 Å². The number of halogens is 4. The van der Waals surface area contributed by atoms with Crippen LogP contribution in [0.15, 0.2) is 48.5 Å². The number of hydrogen-bond acceptors (Lipinski definition) is 1. The second-order valence-corrected chi connectivity index (χ2v) is 4.89. The summed E-state index contributed by atoms with van der Waals surface area (Å²) in [4.78, 5) is 0. The van der Waals surface area contributed by atoms with E-state index in [4.69, 9.17) is 16.3 Å². The SMILES string of the molecule is CCOC(c1ccccc1)c1ccc(Cl)c(C(F)(F)F)c1. The highest BCUT2D eigenvalue weighted by atomic mass is 35.5. The smallest absolute Gasteiger partial charge is 0.369 e. The first kappa shape index (κ1) is 15.9. The fourth-order valence-corrected chi connectivity index (χ4v) is 2.33. The Labute approximate surface area is 126 Å². The van der Waals surface area contributed by atoms with Gasteiger partial charge in [0.05, 0.1) is 10.6 Å². The molecule has 0 radical (unpaired) electrons. The molecule has 0 bridgehead atoms. The Balaban J connectivity index is 2.47. The molecule has 2 rings (SSSR count). The summed E-state index contributed by atoms with van der Waals surface area (Å²) in [6, 6.07) is 13.0. The summed E-state index contributed by atoms with van der Waals surface area (Å²) >= 11 is 5.65. The average Bonchev–Trinajstić information content (AvgIpc) is 2.45. The molecule has 21 heavy (non-hydrogen) atoms. The Kier molecular flexibility index (Phi) is 4.91. The molecule has 0 heterocycles. The van der Waals surface area contributed by atoms with E-state index in [0.717, 1.165) is 11.6 Å². The molecule has 0 spiro atoms. The third-order valence-corrected chi connectivity index (χ3v) is 3.36. The van der Waals surface area contributed by atoms with Gasteiger partial charge in [0, 0.05) is 6.61 Å². The van der Waals surface area contributed by atoms with Crippen LogP contribution >= 0.6 is 11.6 Å². The summed E-state index contributed by atoms with van der Waals surface area (Å²) in [5.74, 6) is 0. The van der Waals surface area contributed by atoms with Crippen molar-refractivity contribution in [1.82, 2.24) is 0 Å². The lowest BCUT2D eigenvalue weighted by Crippen LogP contribution is -2.10. The van der Waals surface area contributed by atoms with Crippen molar-refractivity contribution in [3.8, 4) is 0 Å². The van der Waals surface area contributed by atoms with Crippen LogP contribution < -0.4 is 0 Å². The van der Waals surface area contributed by atoms with Crippen LogP contribution in [0, 0.1) is 0 Å². The number of ether oxygens (including phenoxy) is 1. The Bertz CT molecular complexity index is 596. The summed E-state index contributed by atoms with van der Waals surface area (Å²) in [7, 11) is 0. The number of rotatable bonds is 4. The van der Waals surface area contributed by atoms with Crippen molar-refractivity contribution in [2.75, 3.05) is 6.61 Å². The standard InChI is InChI=1S/C16H14ClF3O/c1-2-21-15(11-6-4-3-5-7-11)12-8-9-14(17)13(10-12)16(18,19)20/h3-10,15H,2H2,1H3. The van der Waals surface area contributed by atoms with E-state index in [1.54, 1.807) is 13.0 Å². The monoisotopic (exact) mass is 314 g/mol. The molecule has 0 aliphatic heterocycles. The lowest BCUT2D eigenvalue weighted by Gasteiger charge is -2.20. The molecule has 2 aromatic carbocycles. The predicted octanol–water partition coefficient (Wildman–Crippen LogP) is 5.48. The maximum Gasteiger partial charge on any atom is 0.417 e. The number of alkyl halides is 3. The summed E-state index contributed by atoms with van der Waals surface area (Å²) < 4.78 is 44.5. The molecule has 0 fully saturated rings. The quantitative estimate of drug-likeness (QED) is 0.725. The van der Waals surface area contributed by atoms with Crippen LogP contribution in [0.5, 0.6) is 0 Å². The van der Waals surface area contributed by atoms with Crippen LogP contribution in [0.1, 0.15) is 29.7 Å². The van der Waals surface area contributed by atoms with Crippen LogP contribution in [0.25, 0.3) is 0 Å². The average molecular weight is 315 g/mol. The van der Waals surface area contributed by atoms with Gasteiger partial charge in [0.15, 0.2) is 0 Å². The van der Waals surface area contributed by atoms with Gasteiger partial charge < -0.3 is 4.74 Å². The minimum absolute atomic E-state index is 0.311. The first-order valence-corrected chi connectivity index (χ1v) is 6.84. The maximum atomic E-state index is 13.0. The predicted molar refractivity (Wildman–Crippen MR) is 76.4 cm³/mol. The van der Waals surface area contributed by atoms with E-state index in [-0.39, 0.29) is 5.02 Å². The van der Waals surface area contributed by atoms with Gasteiger partial charge in [-0.3, -0.25) is 0 Å². The molecule has 1 nitrogen and oxygen atoms in total. The molecule has 0 aliphatic rings. The molecule has 0 amide bonds. The molecule has 0 aromatic heterocycles. The first-order valence-electron chi connectivity index (χ1n) is 6.46. The van der Waals surface area contributed by atoms with Crippen LogP contribution in [0.3, 0.4) is 0 Å². The van der Waals surface area contributed by atoms with Gasteiger partial charge in [0.1, 0.15) is 6.10 Å². The second-order valence-electron chi connectivity index (χ2n) is 4.48. The molecular weight excluding hydrogens is 301 g/mol. The van der Waals surface area contributed by atoms with Gasteiger partial charge in [-0.25, -0.2) is 0 Å². The Morgan fingerprint density at radius 3 is 2.29 bits per heavy atom. The van der Waals surface area contributed by atoms with E-state index in [2.05, 4.69) is 0 Å². The lowest BCUT2D eigenvalue weighted by atomic mass is 9.99. The van der Waals surface area contributed by atoms with E-state index in [9.17, 15) is 13.2 Å². The van der Waals surface area contributed by atoms with E-state index >= 15 is 0 Å². The van der Waals surface area contributed by atoms with Crippen molar-refractivity contribution in [1.29, 1.82) is 0 Å². The highest BCUT2D eigenvalue weighted by molar-refractivity contribution is 6.31. The van der Waals surface area contributed by atoms with E-state index in [1.807, 2.05) is 30.3 Å². The van der Waals surface area contributed by atoms with Crippen LogP contribution in [-0.2, 0) is 10.9 Å². The zero-order chi connectivity index (χ0) is 15.5. The minimum atomic E-state index is -4.49. The maximum absolute atomic E-state index is 13.0. The van der Waals surface area contributed by atoms with Gasteiger partial charge in [0.2, 0.25) is 0 Å². The fraction of sp³-hybridized carbons (Fsp3) is 0.250. The Morgan fingerprint density at radius 1 is 1.05 bits per heavy atom. The highest BCUT2D eigenvalue weighted by Crippen LogP contribution is 2.37. The normalized spacial score (nSPS) is 13.2. The summed E-state index contributed by atoms with van der Waals surface area (Å²) in [5, 5.41) is -0.311. The molecule has 0 saturated carbocycles. The molecule has 112 valence electrons. The van der Waals surface area contributed by atoms with Crippen molar-refractivity contribution in [3.63, 3.8) is 0 Å². The van der Waals surface area contributed by atoms with Crippen molar-refractivity contribution in [2.45, 2.75) is 19.2 Å². The van der Waals surface area contributed by atoms with Crippen molar-refractivity contribution < 1.29 is 17.9 Å².